The number of carbonyl (C=O) groups excluding carboxylic acids is 1. The van der Waals surface area contributed by atoms with Crippen LogP contribution in [0.15, 0.2) is 18.2 Å². The molecule has 1 aliphatic rings. The Balaban J connectivity index is 2.37. The highest BCUT2D eigenvalue weighted by atomic mass is 32.2. The smallest absolute Gasteiger partial charge is 0.175 e. The normalized spacial score (nSPS) is 19.9. The molecule has 0 fully saturated rings. The Hall–Kier alpha value is -0.960. The maximum absolute atomic E-state index is 11.9. The number of thioether (sulfide) groups is 1. The average molecular weight is 222 g/mol. The lowest BCUT2D eigenvalue weighted by atomic mass is 10.0. The van der Waals surface area contributed by atoms with Crippen LogP contribution in [0.25, 0.3) is 0 Å². The number of benzene rings is 1. The number of ketones is 1. The molecule has 0 aliphatic carbocycles. The van der Waals surface area contributed by atoms with Gasteiger partial charge in [-0.2, -0.15) is 0 Å². The van der Waals surface area contributed by atoms with E-state index in [2.05, 4.69) is 0 Å². The summed E-state index contributed by atoms with van der Waals surface area (Å²) >= 11 is 1.70. The topological polar surface area (TPSA) is 26.3 Å². The molecule has 0 bridgehead atoms. The molecule has 0 spiro atoms. The van der Waals surface area contributed by atoms with E-state index in [1.807, 2.05) is 32.0 Å². The van der Waals surface area contributed by atoms with Gasteiger partial charge in [0.1, 0.15) is 5.75 Å². The van der Waals surface area contributed by atoms with Crippen LogP contribution in [0.4, 0.5) is 0 Å². The highest BCUT2D eigenvalue weighted by Crippen LogP contribution is 2.31. The van der Waals surface area contributed by atoms with Crippen LogP contribution in [0, 0.1) is 0 Å². The highest BCUT2D eigenvalue weighted by Gasteiger charge is 2.24. The molecule has 2 rings (SSSR count). The van der Waals surface area contributed by atoms with E-state index >= 15 is 0 Å². The number of Topliss-reactive ketones (excluding diaryl/α,β-unsaturated/α-hetero) is 1. The van der Waals surface area contributed by atoms with Gasteiger partial charge in [-0.3, -0.25) is 4.79 Å². The van der Waals surface area contributed by atoms with Gasteiger partial charge in [-0.05, 0) is 31.5 Å². The van der Waals surface area contributed by atoms with Crippen LogP contribution >= 0.6 is 11.8 Å². The molecule has 0 saturated carbocycles. The van der Waals surface area contributed by atoms with Gasteiger partial charge in [0, 0.05) is 11.3 Å². The predicted molar refractivity (Wildman–Crippen MR) is 62.7 cm³/mol. The molecule has 0 saturated heterocycles. The molecule has 1 aliphatic heterocycles. The van der Waals surface area contributed by atoms with Gasteiger partial charge >= 0.3 is 0 Å². The van der Waals surface area contributed by atoms with E-state index in [-0.39, 0.29) is 11.0 Å². The van der Waals surface area contributed by atoms with E-state index in [9.17, 15) is 4.79 Å². The highest BCUT2D eigenvalue weighted by molar-refractivity contribution is 8.00. The second-order valence-corrected chi connectivity index (χ2v) is 4.90. The SMILES string of the molecule is CCOc1ccc2c(c1)C(=O)C(C)SC2. The van der Waals surface area contributed by atoms with Crippen LogP contribution in [0.1, 0.15) is 29.8 Å². The van der Waals surface area contributed by atoms with Gasteiger partial charge < -0.3 is 4.74 Å². The summed E-state index contributed by atoms with van der Waals surface area (Å²) < 4.78 is 5.40. The molecule has 1 unspecified atom stereocenters. The van der Waals surface area contributed by atoms with Gasteiger partial charge in [-0.25, -0.2) is 0 Å². The third-order valence-electron chi connectivity index (χ3n) is 2.52. The van der Waals surface area contributed by atoms with Gasteiger partial charge in [0.2, 0.25) is 0 Å². The molecule has 0 radical (unpaired) electrons. The number of hydrogen-bond acceptors (Lipinski definition) is 3. The summed E-state index contributed by atoms with van der Waals surface area (Å²) in [7, 11) is 0. The van der Waals surface area contributed by atoms with Crippen LogP contribution in [-0.4, -0.2) is 17.6 Å². The van der Waals surface area contributed by atoms with Crippen molar-refractivity contribution in [3.05, 3.63) is 29.3 Å². The van der Waals surface area contributed by atoms with Crippen molar-refractivity contribution in [1.82, 2.24) is 0 Å². The second kappa shape index (κ2) is 4.27. The molecule has 1 heterocycles. The van der Waals surface area contributed by atoms with Crippen molar-refractivity contribution in [1.29, 1.82) is 0 Å². The molecule has 0 N–H and O–H groups in total. The maximum atomic E-state index is 11.9. The number of fused-ring (bicyclic) bond motifs is 1. The second-order valence-electron chi connectivity index (χ2n) is 3.57. The van der Waals surface area contributed by atoms with E-state index < -0.39 is 0 Å². The van der Waals surface area contributed by atoms with Gasteiger partial charge in [0.25, 0.3) is 0 Å². The van der Waals surface area contributed by atoms with Gasteiger partial charge in [0.15, 0.2) is 5.78 Å². The summed E-state index contributed by atoms with van der Waals surface area (Å²) in [4.78, 5) is 11.9. The Labute approximate surface area is 94.0 Å². The van der Waals surface area contributed by atoms with Crippen LogP contribution in [-0.2, 0) is 5.75 Å². The molecule has 1 aromatic carbocycles. The van der Waals surface area contributed by atoms with Crippen molar-refractivity contribution >= 4 is 17.5 Å². The fraction of sp³-hybridized carbons (Fsp3) is 0.417. The number of carbonyl (C=O) groups is 1. The summed E-state index contributed by atoms with van der Waals surface area (Å²) in [6.45, 7) is 4.54. The van der Waals surface area contributed by atoms with Crippen LogP contribution in [0.2, 0.25) is 0 Å². The van der Waals surface area contributed by atoms with E-state index in [4.69, 9.17) is 4.74 Å². The Bertz CT molecular complexity index is 387. The first-order chi connectivity index (χ1) is 7.22. The lowest BCUT2D eigenvalue weighted by molar-refractivity contribution is 0.0991. The molecule has 0 amide bonds. The number of hydrogen-bond donors (Lipinski definition) is 0. The van der Waals surface area contributed by atoms with Crippen molar-refractivity contribution in [2.45, 2.75) is 24.9 Å². The van der Waals surface area contributed by atoms with Gasteiger partial charge in [-0.15, -0.1) is 11.8 Å². The fourth-order valence-electron chi connectivity index (χ4n) is 1.68. The zero-order chi connectivity index (χ0) is 10.8. The molecule has 15 heavy (non-hydrogen) atoms. The summed E-state index contributed by atoms with van der Waals surface area (Å²) in [6, 6.07) is 5.81. The van der Waals surface area contributed by atoms with Crippen molar-refractivity contribution < 1.29 is 9.53 Å². The minimum atomic E-state index is 0.0781. The van der Waals surface area contributed by atoms with Crippen LogP contribution in [0.3, 0.4) is 0 Å². The maximum Gasteiger partial charge on any atom is 0.175 e. The van der Waals surface area contributed by atoms with Gasteiger partial charge in [-0.1, -0.05) is 6.07 Å². The minimum Gasteiger partial charge on any atom is -0.494 e. The lowest BCUT2D eigenvalue weighted by Crippen LogP contribution is -2.20. The largest absolute Gasteiger partial charge is 0.494 e. The summed E-state index contributed by atoms with van der Waals surface area (Å²) in [5.41, 5.74) is 1.97. The van der Waals surface area contributed by atoms with Crippen LogP contribution < -0.4 is 4.74 Å². The standard InChI is InChI=1S/C12H14O2S/c1-3-14-10-5-4-9-7-15-8(2)12(13)11(9)6-10/h4-6,8H,3,7H2,1-2H3. The van der Waals surface area contributed by atoms with Gasteiger partial charge in [0.05, 0.1) is 11.9 Å². The Morgan fingerprint density at radius 3 is 3.07 bits per heavy atom. The predicted octanol–water partition coefficient (Wildman–Crippen LogP) is 2.90. The van der Waals surface area contributed by atoms with Crippen molar-refractivity contribution in [3.63, 3.8) is 0 Å². The monoisotopic (exact) mass is 222 g/mol. The lowest BCUT2D eigenvalue weighted by Gasteiger charge is -2.20. The summed E-state index contributed by atoms with van der Waals surface area (Å²) in [5.74, 6) is 1.95. The fourth-order valence-corrected chi connectivity index (χ4v) is 2.64. The molecule has 3 heteroatoms. The first-order valence-electron chi connectivity index (χ1n) is 5.14. The molecule has 2 nitrogen and oxygen atoms in total. The molecule has 1 aromatic rings. The van der Waals surface area contributed by atoms with E-state index in [1.165, 1.54) is 0 Å². The van der Waals surface area contributed by atoms with Crippen LogP contribution in [0.5, 0.6) is 5.75 Å². The number of rotatable bonds is 2. The zero-order valence-electron chi connectivity index (χ0n) is 8.95. The average Bonchev–Trinajstić information content (AvgIpc) is 2.25. The Morgan fingerprint density at radius 2 is 2.33 bits per heavy atom. The third-order valence-corrected chi connectivity index (χ3v) is 3.71. The molecular formula is C12H14O2S. The molecule has 80 valence electrons. The zero-order valence-corrected chi connectivity index (χ0v) is 9.76. The van der Waals surface area contributed by atoms with E-state index in [0.29, 0.717) is 6.61 Å². The third kappa shape index (κ3) is 2.02. The van der Waals surface area contributed by atoms with Crippen molar-refractivity contribution in [2.24, 2.45) is 0 Å². The van der Waals surface area contributed by atoms with Crippen molar-refractivity contribution in [3.8, 4) is 5.75 Å². The van der Waals surface area contributed by atoms with E-state index in [1.54, 1.807) is 11.8 Å². The summed E-state index contributed by atoms with van der Waals surface area (Å²) in [6.07, 6.45) is 0. The number of ether oxygens (including phenoxy) is 1. The van der Waals surface area contributed by atoms with E-state index in [0.717, 1.165) is 22.6 Å². The first-order valence-corrected chi connectivity index (χ1v) is 6.18. The quantitative estimate of drug-likeness (QED) is 0.769. The minimum absolute atomic E-state index is 0.0781. The molecule has 1 atom stereocenters. The Kier molecular flexibility index (Phi) is 3.00. The Morgan fingerprint density at radius 1 is 1.53 bits per heavy atom. The first kappa shape index (κ1) is 10.6. The molecule has 0 aromatic heterocycles. The summed E-state index contributed by atoms with van der Waals surface area (Å²) in [5, 5.41) is 0.0781. The molecular weight excluding hydrogens is 208 g/mol. The van der Waals surface area contributed by atoms with Crippen molar-refractivity contribution in [2.75, 3.05) is 6.61 Å².